The summed E-state index contributed by atoms with van der Waals surface area (Å²) in [6.07, 6.45) is 4.09. The topological polar surface area (TPSA) is 38.3 Å². The summed E-state index contributed by atoms with van der Waals surface area (Å²) in [4.78, 5) is 11.5. The van der Waals surface area contributed by atoms with Crippen LogP contribution in [-0.2, 0) is 16.0 Å². The summed E-state index contributed by atoms with van der Waals surface area (Å²) >= 11 is 0. The van der Waals surface area contributed by atoms with Gasteiger partial charge in [0.15, 0.2) is 0 Å². The van der Waals surface area contributed by atoms with Crippen LogP contribution in [0.15, 0.2) is 24.3 Å². The lowest BCUT2D eigenvalue weighted by Crippen LogP contribution is -2.18. The van der Waals surface area contributed by atoms with E-state index in [1.54, 1.807) is 0 Å². The number of carbonyl (C=O) groups excluding carboxylic acids is 1. The fraction of sp³-hybridized carbons (Fsp3) is 0.533. The normalized spacial score (nSPS) is 10.1. The number of hydrogen-bond acceptors (Lipinski definition) is 3. The van der Waals surface area contributed by atoms with Crippen LogP contribution in [0, 0.1) is 0 Å². The average molecular weight is 249 g/mol. The highest BCUT2D eigenvalue weighted by Gasteiger charge is 2.04. The molecule has 0 heterocycles. The standard InChI is InChI=1S/C15H23NO2/c1-3-5-11-18-15(17)12-16-14-10-7-6-9-13(14)8-4-2/h6-7,9-10,16H,3-5,8,11-12H2,1-2H3. The second-order valence-corrected chi connectivity index (χ2v) is 4.33. The van der Waals surface area contributed by atoms with Crippen LogP contribution in [0.25, 0.3) is 0 Å². The van der Waals surface area contributed by atoms with Crippen molar-refractivity contribution in [3.63, 3.8) is 0 Å². The van der Waals surface area contributed by atoms with Crippen molar-refractivity contribution in [3.8, 4) is 0 Å². The van der Waals surface area contributed by atoms with Gasteiger partial charge in [0, 0.05) is 5.69 Å². The van der Waals surface area contributed by atoms with Crippen LogP contribution in [0.2, 0.25) is 0 Å². The zero-order valence-corrected chi connectivity index (χ0v) is 11.4. The van der Waals surface area contributed by atoms with Crippen LogP contribution in [0.4, 0.5) is 5.69 Å². The highest BCUT2D eigenvalue weighted by Crippen LogP contribution is 2.16. The molecule has 0 aromatic heterocycles. The molecule has 0 atom stereocenters. The van der Waals surface area contributed by atoms with Crippen LogP contribution in [-0.4, -0.2) is 19.1 Å². The third kappa shape index (κ3) is 5.21. The van der Waals surface area contributed by atoms with Crippen molar-refractivity contribution >= 4 is 11.7 Å². The van der Waals surface area contributed by atoms with Gasteiger partial charge in [-0.25, -0.2) is 0 Å². The summed E-state index contributed by atoms with van der Waals surface area (Å²) in [7, 11) is 0. The van der Waals surface area contributed by atoms with Gasteiger partial charge in [0.1, 0.15) is 6.54 Å². The van der Waals surface area contributed by atoms with E-state index in [0.717, 1.165) is 31.4 Å². The van der Waals surface area contributed by atoms with Gasteiger partial charge in [0.25, 0.3) is 0 Å². The summed E-state index contributed by atoms with van der Waals surface area (Å²) in [5.41, 5.74) is 2.29. The van der Waals surface area contributed by atoms with E-state index >= 15 is 0 Å². The predicted molar refractivity (Wildman–Crippen MR) is 74.8 cm³/mol. The van der Waals surface area contributed by atoms with Gasteiger partial charge in [-0.05, 0) is 24.5 Å². The van der Waals surface area contributed by atoms with E-state index in [4.69, 9.17) is 4.74 Å². The van der Waals surface area contributed by atoms with Gasteiger partial charge >= 0.3 is 5.97 Å². The molecule has 100 valence electrons. The second-order valence-electron chi connectivity index (χ2n) is 4.33. The van der Waals surface area contributed by atoms with Gasteiger partial charge in [0.05, 0.1) is 6.61 Å². The monoisotopic (exact) mass is 249 g/mol. The summed E-state index contributed by atoms with van der Waals surface area (Å²) in [5.74, 6) is -0.185. The number of carbonyl (C=O) groups is 1. The van der Waals surface area contributed by atoms with Crippen LogP contribution in [0.3, 0.4) is 0 Å². The molecular formula is C15H23NO2. The number of benzene rings is 1. The molecule has 0 aliphatic heterocycles. The molecule has 0 aliphatic rings. The van der Waals surface area contributed by atoms with Crippen molar-refractivity contribution in [2.24, 2.45) is 0 Å². The SMILES string of the molecule is CCCCOC(=O)CNc1ccccc1CCC. The fourth-order valence-corrected chi connectivity index (χ4v) is 1.73. The molecule has 0 amide bonds. The van der Waals surface area contributed by atoms with Crippen LogP contribution >= 0.6 is 0 Å². The quantitative estimate of drug-likeness (QED) is 0.567. The first-order valence-electron chi connectivity index (χ1n) is 6.75. The number of anilines is 1. The highest BCUT2D eigenvalue weighted by molar-refractivity contribution is 5.75. The largest absolute Gasteiger partial charge is 0.464 e. The van der Waals surface area contributed by atoms with Gasteiger partial charge < -0.3 is 10.1 Å². The Labute approximate surface area is 110 Å². The Morgan fingerprint density at radius 3 is 2.72 bits per heavy atom. The summed E-state index contributed by atoms with van der Waals surface area (Å²) in [6, 6.07) is 8.10. The summed E-state index contributed by atoms with van der Waals surface area (Å²) in [6.45, 7) is 4.99. The molecule has 1 N–H and O–H groups in total. The van der Waals surface area contributed by atoms with Crippen molar-refractivity contribution in [1.29, 1.82) is 0 Å². The first-order chi connectivity index (χ1) is 8.77. The van der Waals surface area contributed by atoms with Crippen molar-refractivity contribution in [3.05, 3.63) is 29.8 Å². The van der Waals surface area contributed by atoms with Crippen LogP contribution < -0.4 is 5.32 Å². The van der Waals surface area contributed by atoms with E-state index < -0.39 is 0 Å². The molecule has 0 unspecified atom stereocenters. The maximum absolute atomic E-state index is 11.5. The average Bonchev–Trinajstić information content (AvgIpc) is 2.38. The molecular weight excluding hydrogens is 226 g/mol. The number of esters is 1. The van der Waals surface area contributed by atoms with Gasteiger partial charge in [-0.2, -0.15) is 0 Å². The number of unbranched alkanes of at least 4 members (excludes halogenated alkanes) is 1. The van der Waals surface area contributed by atoms with Gasteiger partial charge in [0.2, 0.25) is 0 Å². The third-order valence-electron chi connectivity index (χ3n) is 2.72. The van der Waals surface area contributed by atoms with E-state index in [0.29, 0.717) is 6.61 Å². The predicted octanol–water partition coefficient (Wildman–Crippen LogP) is 3.39. The minimum atomic E-state index is -0.185. The van der Waals surface area contributed by atoms with Crippen molar-refractivity contribution in [1.82, 2.24) is 0 Å². The minimum Gasteiger partial charge on any atom is -0.464 e. The molecule has 0 saturated carbocycles. The number of aryl methyl sites for hydroxylation is 1. The molecule has 1 aromatic rings. The molecule has 0 saturated heterocycles. The van der Waals surface area contributed by atoms with Crippen molar-refractivity contribution in [2.75, 3.05) is 18.5 Å². The van der Waals surface area contributed by atoms with Crippen LogP contribution in [0.1, 0.15) is 38.7 Å². The molecule has 3 heteroatoms. The summed E-state index contributed by atoms with van der Waals surface area (Å²) in [5, 5.41) is 3.15. The van der Waals surface area contributed by atoms with E-state index in [2.05, 4.69) is 25.2 Å². The lowest BCUT2D eigenvalue weighted by molar-refractivity contribution is -0.141. The maximum atomic E-state index is 11.5. The van der Waals surface area contributed by atoms with E-state index in [1.165, 1.54) is 5.56 Å². The number of nitrogens with one attached hydrogen (secondary N) is 1. The highest BCUT2D eigenvalue weighted by atomic mass is 16.5. The number of hydrogen-bond donors (Lipinski definition) is 1. The Morgan fingerprint density at radius 1 is 1.22 bits per heavy atom. The maximum Gasteiger partial charge on any atom is 0.325 e. The minimum absolute atomic E-state index is 0.185. The molecule has 0 spiro atoms. The fourth-order valence-electron chi connectivity index (χ4n) is 1.73. The van der Waals surface area contributed by atoms with Crippen molar-refractivity contribution < 1.29 is 9.53 Å². The Hall–Kier alpha value is -1.51. The number of rotatable bonds is 8. The molecule has 0 bridgehead atoms. The van der Waals surface area contributed by atoms with E-state index in [1.807, 2.05) is 18.2 Å². The lowest BCUT2D eigenvalue weighted by atomic mass is 10.1. The molecule has 1 aromatic carbocycles. The Kier molecular flexibility index (Phi) is 6.92. The molecule has 18 heavy (non-hydrogen) atoms. The van der Waals surface area contributed by atoms with Crippen LogP contribution in [0.5, 0.6) is 0 Å². The third-order valence-corrected chi connectivity index (χ3v) is 2.72. The first kappa shape index (κ1) is 14.6. The van der Waals surface area contributed by atoms with Gasteiger partial charge in [-0.15, -0.1) is 0 Å². The lowest BCUT2D eigenvalue weighted by Gasteiger charge is -2.11. The zero-order chi connectivity index (χ0) is 13.2. The summed E-state index contributed by atoms with van der Waals surface area (Å²) < 4.78 is 5.10. The van der Waals surface area contributed by atoms with E-state index in [9.17, 15) is 4.79 Å². The molecule has 0 fully saturated rings. The molecule has 0 aliphatic carbocycles. The number of para-hydroxylation sites is 1. The first-order valence-corrected chi connectivity index (χ1v) is 6.75. The molecule has 1 rings (SSSR count). The van der Waals surface area contributed by atoms with Gasteiger partial charge in [-0.1, -0.05) is 44.9 Å². The van der Waals surface area contributed by atoms with E-state index in [-0.39, 0.29) is 12.5 Å². The van der Waals surface area contributed by atoms with Gasteiger partial charge in [-0.3, -0.25) is 4.79 Å². The second kappa shape index (κ2) is 8.56. The molecule has 0 radical (unpaired) electrons. The Balaban J connectivity index is 2.40. The Bertz CT molecular complexity index is 363. The zero-order valence-electron chi connectivity index (χ0n) is 11.4. The van der Waals surface area contributed by atoms with Crippen molar-refractivity contribution in [2.45, 2.75) is 39.5 Å². The Morgan fingerprint density at radius 2 is 2.00 bits per heavy atom. The molecule has 3 nitrogen and oxygen atoms in total. The number of ether oxygens (including phenoxy) is 1. The smallest absolute Gasteiger partial charge is 0.325 e.